The molecular formula is C9H16N2O2. The highest BCUT2D eigenvalue weighted by molar-refractivity contribution is 5.89. The SMILES string of the molecule is CON=C1CN2CCC[C@@]2(CO)C1. The Morgan fingerprint density at radius 2 is 2.54 bits per heavy atom. The van der Waals surface area contributed by atoms with Crippen molar-refractivity contribution in [2.75, 3.05) is 26.8 Å². The minimum atomic E-state index is -0.00262. The lowest BCUT2D eigenvalue weighted by Gasteiger charge is -2.28. The van der Waals surface area contributed by atoms with E-state index < -0.39 is 0 Å². The lowest BCUT2D eigenvalue weighted by Crippen LogP contribution is -2.41. The van der Waals surface area contributed by atoms with Gasteiger partial charge in [-0.25, -0.2) is 0 Å². The van der Waals surface area contributed by atoms with Crippen molar-refractivity contribution in [2.24, 2.45) is 5.16 Å². The number of fused-ring (bicyclic) bond motifs is 1. The molecule has 2 rings (SSSR count). The molecule has 13 heavy (non-hydrogen) atoms. The zero-order valence-electron chi connectivity index (χ0n) is 7.99. The van der Waals surface area contributed by atoms with Gasteiger partial charge >= 0.3 is 0 Å². The van der Waals surface area contributed by atoms with Crippen molar-refractivity contribution in [3.05, 3.63) is 0 Å². The minimum absolute atomic E-state index is 0.00262. The first kappa shape index (κ1) is 8.97. The first-order valence-corrected chi connectivity index (χ1v) is 4.75. The van der Waals surface area contributed by atoms with E-state index in [1.165, 1.54) is 6.42 Å². The topological polar surface area (TPSA) is 45.1 Å². The average Bonchev–Trinajstić information content (AvgIpc) is 2.61. The number of hydrogen-bond acceptors (Lipinski definition) is 4. The van der Waals surface area contributed by atoms with Crippen molar-refractivity contribution in [3.63, 3.8) is 0 Å². The second-order valence-corrected chi connectivity index (χ2v) is 3.92. The third-order valence-corrected chi connectivity index (χ3v) is 3.16. The Morgan fingerprint density at radius 3 is 3.15 bits per heavy atom. The Hall–Kier alpha value is -0.610. The molecule has 0 bridgehead atoms. The molecule has 0 aromatic rings. The van der Waals surface area contributed by atoms with Crippen LogP contribution in [0.5, 0.6) is 0 Å². The molecule has 0 radical (unpaired) electrons. The highest BCUT2D eigenvalue weighted by Gasteiger charge is 2.46. The number of hydrogen-bond donors (Lipinski definition) is 1. The van der Waals surface area contributed by atoms with Gasteiger partial charge in [-0.05, 0) is 19.4 Å². The van der Waals surface area contributed by atoms with E-state index >= 15 is 0 Å². The number of aliphatic hydroxyl groups excluding tert-OH is 1. The lowest BCUT2D eigenvalue weighted by atomic mass is 9.95. The van der Waals surface area contributed by atoms with E-state index in [2.05, 4.69) is 10.1 Å². The van der Waals surface area contributed by atoms with Crippen LogP contribution < -0.4 is 0 Å². The van der Waals surface area contributed by atoms with Crippen molar-refractivity contribution in [1.29, 1.82) is 0 Å². The summed E-state index contributed by atoms with van der Waals surface area (Å²) in [6, 6.07) is 0. The summed E-state index contributed by atoms with van der Waals surface area (Å²) in [6.07, 6.45) is 3.16. The van der Waals surface area contributed by atoms with Gasteiger partial charge in [0.1, 0.15) is 7.11 Å². The summed E-state index contributed by atoms with van der Waals surface area (Å²) in [6.45, 7) is 2.20. The second kappa shape index (κ2) is 3.27. The van der Waals surface area contributed by atoms with E-state index in [4.69, 9.17) is 4.84 Å². The number of rotatable bonds is 2. The fourth-order valence-corrected chi connectivity index (χ4v) is 2.52. The standard InChI is InChI=1S/C9H16N2O2/c1-13-10-8-5-9(7-12)3-2-4-11(9)6-8/h12H,2-7H2,1H3/t9-/m0/s1. The molecule has 0 spiro atoms. The predicted molar refractivity (Wildman–Crippen MR) is 49.7 cm³/mol. The maximum absolute atomic E-state index is 9.38. The van der Waals surface area contributed by atoms with Crippen molar-refractivity contribution in [1.82, 2.24) is 4.90 Å². The maximum atomic E-state index is 9.38. The van der Waals surface area contributed by atoms with Crippen LogP contribution in [0.25, 0.3) is 0 Å². The summed E-state index contributed by atoms with van der Waals surface area (Å²) in [7, 11) is 1.57. The number of oxime groups is 1. The van der Waals surface area contributed by atoms with Crippen LogP contribution in [0.15, 0.2) is 5.16 Å². The maximum Gasteiger partial charge on any atom is 0.106 e. The van der Waals surface area contributed by atoms with Gasteiger partial charge < -0.3 is 9.94 Å². The van der Waals surface area contributed by atoms with Crippen LogP contribution >= 0.6 is 0 Å². The van der Waals surface area contributed by atoms with Crippen LogP contribution in [0.4, 0.5) is 0 Å². The average molecular weight is 184 g/mol. The Labute approximate surface area is 78.2 Å². The van der Waals surface area contributed by atoms with Gasteiger partial charge in [-0.15, -0.1) is 0 Å². The van der Waals surface area contributed by atoms with E-state index in [-0.39, 0.29) is 12.1 Å². The zero-order valence-corrected chi connectivity index (χ0v) is 7.99. The first-order chi connectivity index (χ1) is 6.30. The molecule has 4 nitrogen and oxygen atoms in total. The summed E-state index contributed by atoms with van der Waals surface area (Å²) in [4.78, 5) is 7.08. The lowest BCUT2D eigenvalue weighted by molar-refractivity contribution is 0.1000. The van der Waals surface area contributed by atoms with Crippen LogP contribution in [-0.4, -0.2) is 48.1 Å². The molecular weight excluding hydrogens is 168 g/mol. The van der Waals surface area contributed by atoms with Crippen molar-refractivity contribution < 1.29 is 9.94 Å². The number of nitrogens with zero attached hydrogens (tertiary/aromatic N) is 2. The highest BCUT2D eigenvalue weighted by Crippen LogP contribution is 2.37. The van der Waals surface area contributed by atoms with Crippen molar-refractivity contribution in [2.45, 2.75) is 24.8 Å². The van der Waals surface area contributed by atoms with Gasteiger partial charge in [0, 0.05) is 18.5 Å². The summed E-state index contributed by atoms with van der Waals surface area (Å²) in [5.74, 6) is 0. The molecule has 74 valence electrons. The molecule has 2 fully saturated rings. The van der Waals surface area contributed by atoms with Crippen LogP contribution in [0.2, 0.25) is 0 Å². The highest BCUT2D eigenvalue weighted by atomic mass is 16.6. The van der Waals surface area contributed by atoms with Gasteiger partial charge in [0.05, 0.1) is 12.3 Å². The quantitative estimate of drug-likeness (QED) is 0.624. The van der Waals surface area contributed by atoms with E-state index in [0.29, 0.717) is 0 Å². The van der Waals surface area contributed by atoms with E-state index in [0.717, 1.165) is 31.6 Å². The van der Waals surface area contributed by atoms with Crippen LogP contribution in [0.1, 0.15) is 19.3 Å². The van der Waals surface area contributed by atoms with Crippen molar-refractivity contribution in [3.8, 4) is 0 Å². The van der Waals surface area contributed by atoms with Gasteiger partial charge in [-0.3, -0.25) is 4.90 Å². The molecule has 0 aliphatic carbocycles. The Kier molecular flexibility index (Phi) is 2.26. The van der Waals surface area contributed by atoms with E-state index in [1.54, 1.807) is 7.11 Å². The molecule has 1 N–H and O–H groups in total. The van der Waals surface area contributed by atoms with E-state index in [1.807, 2.05) is 0 Å². The molecule has 1 atom stereocenters. The second-order valence-electron chi connectivity index (χ2n) is 3.92. The Bertz CT molecular complexity index is 230. The first-order valence-electron chi connectivity index (χ1n) is 4.75. The fourth-order valence-electron chi connectivity index (χ4n) is 2.52. The Morgan fingerprint density at radius 1 is 1.69 bits per heavy atom. The third-order valence-electron chi connectivity index (χ3n) is 3.16. The third kappa shape index (κ3) is 1.34. The molecule has 0 amide bonds. The fraction of sp³-hybridized carbons (Fsp3) is 0.889. The zero-order chi connectivity index (χ0) is 9.31. The smallest absolute Gasteiger partial charge is 0.106 e. The predicted octanol–water partition coefficient (Wildman–Crippen LogP) is 0.219. The Balaban J connectivity index is 2.13. The van der Waals surface area contributed by atoms with Gasteiger partial charge in [0.15, 0.2) is 0 Å². The molecule has 0 unspecified atom stereocenters. The molecule has 0 aromatic carbocycles. The summed E-state index contributed by atoms with van der Waals surface area (Å²) in [5, 5.41) is 13.3. The molecule has 0 saturated carbocycles. The summed E-state index contributed by atoms with van der Waals surface area (Å²) >= 11 is 0. The van der Waals surface area contributed by atoms with Gasteiger partial charge in [-0.2, -0.15) is 0 Å². The molecule has 2 saturated heterocycles. The molecule has 2 heterocycles. The summed E-state index contributed by atoms with van der Waals surface area (Å²) in [5.41, 5.74) is 1.06. The monoisotopic (exact) mass is 184 g/mol. The van der Waals surface area contributed by atoms with Crippen LogP contribution in [-0.2, 0) is 4.84 Å². The molecule has 2 aliphatic rings. The molecule has 4 heteroatoms. The molecule has 0 aromatic heterocycles. The largest absolute Gasteiger partial charge is 0.399 e. The minimum Gasteiger partial charge on any atom is -0.399 e. The number of aliphatic hydroxyl groups is 1. The van der Waals surface area contributed by atoms with Crippen molar-refractivity contribution >= 4 is 5.71 Å². The van der Waals surface area contributed by atoms with Gasteiger partial charge in [0.25, 0.3) is 0 Å². The summed E-state index contributed by atoms with van der Waals surface area (Å²) < 4.78 is 0. The van der Waals surface area contributed by atoms with Crippen LogP contribution in [0, 0.1) is 0 Å². The normalized spacial score (nSPS) is 36.9. The van der Waals surface area contributed by atoms with Gasteiger partial charge in [-0.1, -0.05) is 5.16 Å². The van der Waals surface area contributed by atoms with Crippen LogP contribution in [0.3, 0.4) is 0 Å². The van der Waals surface area contributed by atoms with E-state index in [9.17, 15) is 5.11 Å². The molecule has 2 aliphatic heterocycles. The van der Waals surface area contributed by atoms with Gasteiger partial charge in [0.2, 0.25) is 0 Å².